The zero-order chi connectivity index (χ0) is 45.7. The Morgan fingerprint density at radius 2 is 1.22 bits per heavy atom. The van der Waals surface area contributed by atoms with Gasteiger partial charge in [0.1, 0.15) is 42.3 Å². The van der Waals surface area contributed by atoms with Gasteiger partial charge in [0.15, 0.2) is 5.96 Å². The van der Waals surface area contributed by atoms with Crippen molar-refractivity contribution in [3.63, 3.8) is 0 Å². The first-order valence-corrected chi connectivity index (χ1v) is 21.3. The number of likely N-dealkylation sites (tertiary alicyclic amines) is 1. The van der Waals surface area contributed by atoms with Crippen LogP contribution in [0.25, 0.3) is 0 Å². The van der Waals surface area contributed by atoms with Crippen LogP contribution in [-0.4, -0.2) is 132 Å². The quantitative estimate of drug-likeness (QED) is 0.0275. The van der Waals surface area contributed by atoms with Crippen molar-refractivity contribution in [3.05, 3.63) is 0 Å². The van der Waals surface area contributed by atoms with Crippen LogP contribution in [0.5, 0.6) is 0 Å². The number of hydrogen-bond acceptors (Lipinski definition) is 10. The lowest BCUT2D eigenvalue weighted by atomic mass is 9.96. The highest BCUT2D eigenvalue weighted by Crippen LogP contribution is 2.20. The average molecular weight is 852 g/mol. The van der Waals surface area contributed by atoms with Crippen LogP contribution in [0.1, 0.15) is 114 Å². The average Bonchev–Trinajstić information content (AvgIpc) is 3.70. The lowest BCUT2D eigenvalue weighted by molar-refractivity contribution is -0.142. The minimum absolute atomic E-state index is 0.127. The third-order valence-corrected chi connectivity index (χ3v) is 10.7. The number of nitrogens with zero attached hydrogens (tertiary/aromatic N) is 2. The van der Waals surface area contributed by atoms with Crippen molar-refractivity contribution < 1.29 is 43.5 Å². The Bertz CT molecular complexity index is 1490. The first-order chi connectivity index (χ1) is 28.3. The molecule has 1 saturated heterocycles. The summed E-state index contributed by atoms with van der Waals surface area (Å²) in [4.78, 5) is 112. The molecule has 342 valence electrons. The molecule has 8 amide bonds. The molecular formula is C40H73N11O9. The SMILES string of the molecule is CCC[C@H](NC(=O)[C@H](CO)NC(=O)[C@@H](NC(=O)[C@@H](NC(C)=O)C(C)C)C(C)CC)C(=O)N[C@H](C(=O)N[C@@H](CCCN=C(N)N)C(=O)N1CCC[C@H]1C(=O)NCC)[C@@H](C)CC. The number of hydrogen-bond donors (Lipinski definition) is 10. The van der Waals surface area contributed by atoms with Gasteiger partial charge in [-0.2, -0.15) is 0 Å². The van der Waals surface area contributed by atoms with E-state index < -0.39 is 102 Å². The highest BCUT2D eigenvalue weighted by atomic mass is 16.3. The van der Waals surface area contributed by atoms with Gasteiger partial charge in [0.05, 0.1) is 6.61 Å². The molecule has 1 fully saturated rings. The second-order valence-corrected chi connectivity index (χ2v) is 15.9. The number of aliphatic hydroxyl groups is 1. The van der Waals surface area contributed by atoms with Gasteiger partial charge in [-0.25, -0.2) is 0 Å². The number of nitrogens with two attached hydrogens (primary N) is 2. The van der Waals surface area contributed by atoms with Gasteiger partial charge in [-0.1, -0.05) is 67.7 Å². The maximum Gasteiger partial charge on any atom is 0.245 e. The fourth-order valence-corrected chi connectivity index (χ4v) is 6.76. The maximum atomic E-state index is 14.0. The molecule has 0 aliphatic carbocycles. The Morgan fingerprint density at radius 3 is 1.70 bits per heavy atom. The highest BCUT2D eigenvalue weighted by Gasteiger charge is 2.39. The number of aliphatic hydroxyl groups excluding tert-OH is 1. The van der Waals surface area contributed by atoms with E-state index in [0.717, 1.165) is 0 Å². The van der Waals surface area contributed by atoms with Crippen LogP contribution >= 0.6 is 0 Å². The lowest BCUT2D eigenvalue weighted by Crippen LogP contribution is -2.62. The van der Waals surface area contributed by atoms with Crippen molar-refractivity contribution in [2.75, 3.05) is 26.2 Å². The summed E-state index contributed by atoms with van der Waals surface area (Å²) in [6, 6.07) is -7.68. The van der Waals surface area contributed by atoms with E-state index in [-0.39, 0.29) is 37.2 Å². The van der Waals surface area contributed by atoms with Crippen molar-refractivity contribution in [2.45, 2.75) is 156 Å². The Hall–Kier alpha value is -5.01. The molecule has 1 rings (SSSR count). The molecule has 0 aromatic heterocycles. The fraction of sp³-hybridized carbons (Fsp3) is 0.775. The number of guanidine groups is 1. The Balaban J connectivity index is 3.28. The van der Waals surface area contributed by atoms with E-state index in [4.69, 9.17) is 11.5 Å². The topological polar surface area (TPSA) is 309 Å². The fourth-order valence-electron chi connectivity index (χ4n) is 6.76. The number of amides is 8. The maximum absolute atomic E-state index is 14.0. The van der Waals surface area contributed by atoms with E-state index in [0.29, 0.717) is 51.6 Å². The molecular weight excluding hydrogens is 779 g/mol. The largest absolute Gasteiger partial charge is 0.394 e. The first-order valence-electron chi connectivity index (χ1n) is 21.3. The number of likely N-dealkylation sites (N-methyl/N-ethyl adjacent to an activating group) is 1. The monoisotopic (exact) mass is 852 g/mol. The molecule has 0 spiro atoms. The molecule has 0 saturated carbocycles. The molecule has 0 radical (unpaired) electrons. The van der Waals surface area contributed by atoms with Gasteiger partial charge in [-0.3, -0.25) is 43.3 Å². The van der Waals surface area contributed by atoms with Gasteiger partial charge >= 0.3 is 0 Å². The van der Waals surface area contributed by atoms with Gasteiger partial charge in [-0.15, -0.1) is 0 Å². The Kier molecular flexibility index (Phi) is 23.8. The van der Waals surface area contributed by atoms with Gasteiger partial charge in [0.2, 0.25) is 47.3 Å². The van der Waals surface area contributed by atoms with E-state index in [1.165, 1.54) is 11.8 Å². The molecule has 1 heterocycles. The predicted molar refractivity (Wildman–Crippen MR) is 226 cm³/mol. The van der Waals surface area contributed by atoms with Crippen LogP contribution in [0, 0.1) is 17.8 Å². The first kappa shape index (κ1) is 53.0. The van der Waals surface area contributed by atoms with E-state index in [1.807, 2.05) is 13.8 Å². The summed E-state index contributed by atoms with van der Waals surface area (Å²) in [6.45, 7) is 15.5. The summed E-state index contributed by atoms with van der Waals surface area (Å²) in [5, 5.41) is 28.9. The summed E-state index contributed by atoms with van der Waals surface area (Å²) >= 11 is 0. The molecule has 60 heavy (non-hydrogen) atoms. The Morgan fingerprint density at radius 1 is 0.700 bits per heavy atom. The number of carbonyl (C=O) groups excluding carboxylic acids is 8. The van der Waals surface area contributed by atoms with Crippen LogP contribution in [-0.2, 0) is 38.4 Å². The van der Waals surface area contributed by atoms with Gasteiger partial charge in [0.25, 0.3) is 0 Å². The standard InChI is InChI=1S/C40H73N11O9/c1-10-16-26(46-34(55)28(21-52)48-38(59)32(24(8)12-3)50-36(57)30(22(5)6)45-25(9)53)33(54)49-31(23(7)11-2)37(58)47-27(17-14-19-44-40(41)42)39(60)51-20-15-18-29(51)35(56)43-13-4/h22-24,26-32,52H,10-21H2,1-9H3,(H,43,56)(H,45,53)(H,46,55)(H,47,58)(H,48,59)(H,49,54)(H,50,57)(H4,41,42,44)/t23-,24?,26-,27-,28-,29-,30-,31-,32-/m0/s1. The lowest BCUT2D eigenvalue weighted by Gasteiger charge is -2.31. The third kappa shape index (κ3) is 16.9. The normalized spacial score (nSPS) is 17.6. The number of aliphatic imine (C=N–C) groups is 1. The summed E-state index contributed by atoms with van der Waals surface area (Å²) in [7, 11) is 0. The number of nitrogens with one attached hydrogen (secondary N) is 7. The number of carbonyl (C=O) groups is 8. The molecule has 0 aromatic carbocycles. The van der Waals surface area contributed by atoms with Gasteiger partial charge in [0, 0.05) is 26.6 Å². The van der Waals surface area contributed by atoms with Crippen LogP contribution in [0.4, 0.5) is 0 Å². The van der Waals surface area contributed by atoms with Crippen molar-refractivity contribution in [3.8, 4) is 0 Å². The predicted octanol–water partition coefficient (Wildman–Crippen LogP) is -1.36. The minimum Gasteiger partial charge on any atom is -0.394 e. The smallest absolute Gasteiger partial charge is 0.245 e. The molecule has 1 aliphatic rings. The van der Waals surface area contributed by atoms with E-state index in [2.05, 4.69) is 42.2 Å². The van der Waals surface area contributed by atoms with Crippen LogP contribution in [0.3, 0.4) is 0 Å². The van der Waals surface area contributed by atoms with E-state index in [9.17, 15) is 43.5 Å². The molecule has 0 bridgehead atoms. The van der Waals surface area contributed by atoms with Crippen molar-refractivity contribution in [1.29, 1.82) is 0 Å². The van der Waals surface area contributed by atoms with Gasteiger partial charge < -0.3 is 58.7 Å². The van der Waals surface area contributed by atoms with Crippen LogP contribution in [0.15, 0.2) is 4.99 Å². The second-order valence-electron chi connectivity index (χ2n) is 15.9. The summed E-state index contributed by atoms with van der Waals surface area (Å²) in [5.41, 5.74) is 11.0. The number of rotatable bonds is 26. The van der Waals surface area contributed by atoms with E-state index >= 15 is 0 Å². The molecule has 9 atom stereocenters. The van der Waals surface area contributed by atoms with Crippen molar-refractivity contribution >= 4 is 53.2 Å². The Labute approximate surface area is 354 Å². The van der Waals surface area contributed by atoms with Crippen molar-refractivity contribution in [2.24, 2.45) is 34.2 Å². The van der Waals surface area contributed by atoms with Crippen LogP contribution < -0.4 is 48.7 Å². The van der Waals surface area contributed by atoms with E-state index in [1.54, 1.807) is 41.5 Å². The summed E-state index contributed by atoms with van der Waals surface area (Å²) < 4.78 is 0. The van der Waals surface area contributed by atoms with Crippen molar-refractivity contribution in [1.82, 2.24) is 42.1 Å². The third-order valence-electron chi connectivity index (χ3n) is 10.7. The molecule has 1 unspecified atom stereocenters. The zero-order valence-corrected chi connectivity index (χ0v) is 37.0. The molecule has 20 nitrogen and oxygen atoms in total. The summed E-state index contributed by atoms with van der Waals surface area (Å²) in [5.74, 6) is -6.01. The minimum atomic E-state index is -1.52. The van der Waals surface area contributed by atoms with Crippen LogP contribution in [0.2, 0.25) is 0 Å². The summed E-state index contributed by atoms with van der Waals surface area (Å²) in [6.07, 6.45) is 3.01. The second kappa shape index (κ2) is 27.0. The molecule has 12 N–H and O–H groups in total. The molecule has 0 aromatic rings. The molecule has 20 heteroatoms. The molecule has 1 aliphatic heterocycles. The zero-order valence-electron chi connectivity index (χ0n) is 37.0. The highest BCUT2D eigenvalue weighted by molar-refractivity contribution is 5.98. The van der Waals surface area contributed by atoms with Gasteiger partial charge in [-0.05, 0) is 56.8 Å².